The van der Waals surface area contributed by atoms with Crippen molar-refractivity contribution < 1.29 is 14.3 Å². The number of amides is 1. The van der Waals surface area contributed by atoms with Crippen molar-refractivity contribution in [2.45, 2.75) is 19.8 Å². The number of rotatable bonds is 9. The van der Waals surface area contributed by atoms with Crippen LogP contribution in [0.2, 0.25) is 0 Å². The van der Waals surface area contributed by atoms with Gasteiger partial charge in [0.15, 0.2) is 0 Å². The van der Waals surface area contributed by atoms with E-state index in [9.17, 15) is 4.79 Å². The molecule has 1 unspecified atom stereocenters. The number of aryl methyl sites for hydroxylation is 1. The normalized spacial score (nSPS) is 12.1. The van der Waals surface area contributed by atoms with E-state index in [2.05, 4.69) is 60.8 Å². The minimum absolute atomic E-state index is 0.0178. The topological polar surface area (TPSA) is 70.3 Å². The Morgan fingerprint density at radius 1 is 1.32 bits per heavy atom. The van der Waals surface area contributed by atoms with Crippen LogP contribution < -0.4 is 14.8 Å². The van der Waals surface area contributed by atoms with Crippen molar-refractivity contribution in [1.29, 1.82) is 0 Å². The Morgan fingerprint density at radius 2 is 2.11 bits per heavy atom. The maximum Gasteiger partial charge on any atom is 0.232 e. The lowest BCUT2D eigenvalue weighted by Crippen LogP contribution is -2.24. The molecule has 7 nitrogen and oxygen atoms in total. The fraction of sp³-hybridized carbons (Fsp3) is 0.368. The number of benzene rings is 1. The molecule has 3 rings (SSSR count). The quantitative estimate of drug-likeness (QED) is 0.347. The summed E-state index contributed by atoms with van der Waals surface area (Å²) in [6.07, 6.45) is 3.96. The van der Waals surface area contributed by atoms with Gasteiger partial charge in [0.1, 0.15) is 19.0 Å². The molecule has 2 aromatic heterocycles. The first-order valence-electron chi connectivity index (χ1n) is 8.91. The van der Waals surface area contributed by atoms with Crippen molar-refractivity contribution in [3.05, 3.63) is 42.2 Å². The van der Waals surface area contributed by atoms with Crippen molar-refractivity contribution in [3.8, 4) is 11.6 Å². The summed E-state index contributed by atoms with van der Waals surface area (Å²) in [5.74, 6) is 1.56. The van der Waals surface area contributed by atoms with Gasteiger partial charge in [-0.05, 0) is 23.8 Å². The van der Waals surface area contributed by atoms with E-state index >= 15 is 0 Å². The van der Waals surface area contributed by atoms with Gasteiger partial charge in [-0.3, -0.25) is 13.4 Å². The maximum absolute atomic E-state index is 11.2. The maximum atomic E-state index is 11.2. The first-order chi connectivity index (χ1) is 13.5. The predicted molar refractivity (Wildman–Crippen MR) is 120 cm³/mol. The molecule has 0 aliphatic carbocycles. The van der Waals surface area contributed by atoms with Crippen LogP contribution in [0.3, 0.4) is 0 Å². The predicted octanol–water partition coefficient (Wildman–Crippen LogP) is 3.92. The van der Waals surface area contributed by atoms with E-state index in [0.29, 0.717) is 25.6 Å². The summed E-state index contributed by atoms with van der Waals surface area (Å²) in [5.41, 5.74) is 2.31. The van der Waals surface area contributed by atoms with Gasteiger partial charge < -0.3 is 14.8 Å². The molecule has 150 valence electrons. The van der Waals surface area contributed by atoms with Crippen molar-refractivity contribution in [2.24, 2.45) is 7.05 Å². The number of halogens is 1. The third kappa shape index (κ3) is 5.13. The molecule has 1 aromatic carbocycles. The van der Waals surface area contributed by atoms with Crippen LogP contribution in [0.25, 0.3) is 10.9 Å². The molecule has 0 saturated carbocycles. The molecule has 9 heteroatoms. The Labute approximate surface area is 180 Å². The summed E-state index contributed by atoms with van der Waals surface area (Å²) >= 11 is 2.27. The zero-order valence-corrected chi connectivity index (χ0v) is 19.0. The number of carbonyl (C=O) groups excluding carboxylic acids is 1. The number of ether oxygens (including phenoxy) is 2. The summed E-state index contributed by atoms with van der Waals surface area (Å²) < 4.78 is 15.3. The van der Waals surface area contributed by atoms with Crippen molar-refractivity contribution in [3.63, 3.8) is 0 Å². The molecular formula is C19H23IN4O3S. The highest BCUT2D eigenvalue weighted by molar-refractivity contribution is 14.2. The summed E-state index contributed by atoms with van der Waals surface area (Å²) in [4.78, 5) is 11.2. The SMILES string of the molecule is CC(=O)NCC(C)c1cn(SI)c2ccc(OCCOc3ccn(C)n3)cc12. The summed E-state index contributed by atoms with van der Waals surface area (Å²) in [7, 11) is 3.47. The average Bonchev–Trinajstić information content (AvgIpc) is 3.26. The average molecular weight is 514 g/mol. The molecule has 3 aromatic rings. The van der Waals surface area contributed by atoms with E-state index in [1.807, 2.05) is 25.4 Å². The van der Waals surface area contributed by atoms with E-state index in [-0.39, 0.29) is 11.8 Å². The second-order valence-corrected chi connectivity index (χ2v) is 8.23. The Hall–Kier alpha value is -1.88. The minimum atomic E-state index is -0.0178. The Balaban J connectivity index is 1.69. The van der Waals surface area contributed by atoms with Crippen LogP contribution in [0.4, 0.5) is 0 Å². The van der Waals surface area contributed by atoms with Crippen LogP contribution in [0.5, 0.6) is 11.6 Å². The second kappa shape index (κ2) is 9.55. The van der Waals surface area contributed by atoms with Gasteiger partial charge in [-0.25, -0.2) is 0 Å². The largest absolute Gasteiger partial charge is 0.490 e. The molecule has 0 aliphatic rings. The zero-order chi connectivity index (χ0) is 20.1. The van der Waals surface area contributed by atoms with E-state index in [1.54, 1.807) is 13.8 Å². The highest BCUT2D eigenvalue weighted by Gasteiger charge is 2.16. The van der Waals surface area contributed by atoms with Crippen LogP contribution in [0.15, 0.2) is 36.7 Å². The molecular weight excluding hydrogens is 491 g/mol. The third-order valence-corrected chi connectivity index (χ3v) is 6.05. The molecule has 2 heterocycles. The zero-order valence-electron chi connectivity index (χ0n) is 16.0. The van der Waals surface area contributed by atoms with Gasteiger partial charge in [-0.15, -0.1) is 5.10 Å². The first-order valence-corrected chi connectivity index (χ1v) is 12.2. The third-order valence-electron chi connectivity index (χ3n) is 4.33. The molecule has 0 fully saturated rings. The first kappa shape index (κ1) is 20.8. The highest BCUT2D eigenvalue weighted by Crippen LogP contribution is 2.34. The number of nitrogens with one attached hydrogen (secondary N) is 1. The van der Waals surface area contributed by atoms with Gasteiger partial charge in [0.05, 0.1) is 5.52 Å². The molecule has 0 radical (unpaired) electrons. The highest BCUT2D eigenvalue weighted by atomic mass is 127. The van der Waals surface area contributed by atoms with Crippen LogP contribution in [-0.4, -0.2) is 39.4 Å². The molecule has 1 N–H and O–H groups in total. The Kier molecular flexibility index (Phi) is 7.11. The molecule has 0 bridgehead atoms. The summed E-state index contributed by atoms with van der Waals surface area (Å²) in [6.45, 7) is 5.10. The van der Waals surface area contributed by atoms with Crippen molar-refractivity contribution in [2.75, 3.05) is 19.8 Å². The second-order valence-electron chi connectivity index (χ2n) is 6.52. The van der Waals surface area contributed by atoms with Gasteiger partial charge in [-0.2, -0.15) is 0 Å². The van der Waals surface area contributed by atoms with E-state index in [1.165, 1.54) is 12.5 Å². The van der Waals surface area contributed by atoms with Gasteiger partial charge in [0.2, 0.25) is 11.8 Å². The van der Waals surface area contributed by atoms with Crippen LogP contribution in [0, 0.1) is 0 Å². The van der Waals surface area contributed by atoms with Gasteiger partial charge in [0, 0.05) is 80.6 Å². The van der Waals surface area contributed by atoms with Crippen LogP contribution in [-0.2, 0) is 11.8 Å². The number of nitrogens with zero attached hydrogens (tertiary/aromatic N) is 3. The van der Waals surface area contributed by atoms with Gasteiger partial charge in [-0.1, -0.05) is 6.92 Å². The lowest BCUT2D eigenvalue weighted by molar-refractivity contribution is -0.119. The molecule has 0 aliphatic heterocycles. The molecule has 0 spiro atoms. The smallest absolute Gasteiger partial charge is 0.232 e. The standard InChI is InChI=1S/C19H23IN4O3S/c1-13(11-21-14(2)25)17-12-24(28-20)18-5-4-15(10-16(17)18)26-8-9-27-19-6-7-23(3)22-19/h4-7,10,12-13H,8-9,11H2,1-3H3,(H,21,25). The number of hydrogen-bond donors (Lipinski definition) is 1. The van der Waals surface area contributed by atoms with E-state index in [0.717, 1.165) is 16.7 Å². The van der Waals surface area contributed by atoms with E-state index in [4.69, 9.17) is 9.47 Å². The number of aromatic nitrogens is 3. The van der Waals surface area contributed by atoms with Gasteiger partial charge >= 0.3 is 0 Å². The Bertz CT molecular complexity index is 956. The monoisotopic (exact) mass is 514 g/mol. The lowest BCUT2D eigenvalue weighted by atomic mass is 10.0. The molecule has 1 atom stereocenters. The fourth-order valence-corrected chi connectivity index (χ4v) is 4.29. The number of carbonyl (C=O) groups is 1. The summed E-state index contributed by atoms with van der Waals surface area (Å²) in [6, 6.07) is 7.90. The van der Waals surface area contributed by atoms with Crippen molar-refractivity contribution in [1.82, 2.24) is 19.1 Å². The minimum Gasteiger partial charge on any atom is -0.490 e. The lowest BCUT2D eigenvalue weighted by Gasteiger charge is -2.12. The number of fused-ring (bicyclic) bond motifs is 1. The van der Waals surface area contributed by atoms with Crippen LogP contribution in [0.1, 0.15) is 25.3 Å². The Morgan fingerprint density at radius 3 is 2.79 bits per heavy atom. The van der Waals surface area contributed by atoms with E-state index < -0.39 is 0 Å². The fourth-order valence-electron chi connectivity index (χ4n) is 2.93. The molecule has 0 saturated heterocycles. The summed E-state index contributed by atoms with van der Waals surface area (Å²) in [5, 5.41) is 8.20. The van der Waals surface area contributed by atoms with Gasteiger partial charge in [0.25, 0.3) is 0 Å². The number of hydrogen-bond acceptors (Lipinski definition) is 5. The van der Waals surface area contributed by atoms with Crippen molar-refractivity contribution >= 4 is 47.1 Å². The van der Waals surface area contributed by atoms with Crippen LogP contribution >= 0.6 is 30.3 Å². The molecule has 28 heavy (non-hydrogen) atoms. The molecule has 1 amide bonds.